The van der Waals surface area contributed by atoms with E-state index in [1.165, 1.54) is 0 Å². The number of hydrogen-bond acceptors (Lipinski definition) is 2. The van der Waals surface area contributed by atoms with Crippen LogP contribution in [0, 0.1) is 10.8 Å². The van der Waals surface area contributed by atoms with Crippen molar-refractivity contribution in [1.82, 2.24) is 0 Å². The molecule has 1 saturated carbocycles. The number of carbonyl (C=O) groups is 1. The zero-order valence-electron chi connectivity index (χ0n) is 14.8. The van der Waals surface area contributed by atoms with Crippen molar-refractivity contribution in [3.8, 4) is 11.5 Å². The van der Waals surface area contributed by atoms with Gasteiger partial charge < -0.3 is 9.84 Å². The minimum absolute atomic E-state index is 0.0532. The van der Waals surface area contributed by atoms with Crippen molar-refractivity contribution >= 4 is 29.2 Å². The standard InChI is InChI=1S/C21H20Cl2O3/c1-19(2)20(3,18(24)25)21(19,13-17(22)23)14-8-7-11-16(12-14)26-15-9-5-4-6-10-15/h4-13H,1-3H3,(H,24,25). The predicted octanol–water partition coefficient (Wildman–Crippen LogP) is 6.17. The molecule has 2 aromatic carbocycles. The van der Waals surface area contributed by atoms with Crippen LogP contribution in [0.4, 0.5) is 0 Å². The summed E-state index contributed by atoms with van der Waals surface area (Å²) in [6, 6.07) is 16.9. The third-order valence-electron chi connectivity index (χ3n) is 5.98. The molecule has 0 aliphatic heterocycles. The van der Waals surface area contributed by atoms with Crippen molar-refractivity contribution < 1.29 is 14.6 Å². The summed E-state index contributed by atoms with van der Waals surface area (Å²) in [7, 11) is 0. The number of halogens is 2. The molecular weight excluding hydrogens is 371 g/mol. The van der Waals surface area contributed by atoms with Crippen LogP contribution in [0.1, 0.15) is 26.3 Å². The second-order valence-corrected chi connectivity index (χ2v) is 8.25. The molecule has 0 amide bonds. The Morgan fingerprint density at radius 2 is 1.62 bits per heavy atom. The molecule has 26 heavy (non-hydrogen) atoms. The molecule has 0 heterocycles. The van der Waals surface area contributed by atoms with Crippen LogP contribution in [-0.4, -0.2) is 11.1 Å². The molecule has 1 aliphatic rings. The van der Waals surface area contributed by atoms with Crippen molar-refractivity contribution in [2.24, 2.45) is 10.8 Å². The molecule has 3 nitrogen and oxygen atoms in total. The maximum Gasteiger partial charge on any atom is 0.311 e. The van der Waals surface area contributed by atoms with Gasteiger partial charge >= 0.3 is 5.97 Å². The number of ether oxygens (including phenoxy) is 1. The Hall–Kier alpha value is -1.97. The van der Waals surface area contributed by atoms with Crippen molar-refractivity contribution in [1.29, 1.82) is 0 Å². The quantitative estimate of drug-likeness (QED) is 0.663. The Bertz CT molecular complexity index is 872. The van der Waals surface area contributed by atoms with Crippen LogP contribution in [0.25, 0.3) is 0 Å². The van der Waals surface area contributed by atoms with Gasteiger partial charge in [0.25, 0.3) is 0 Å². The number of hydrogen-bond donors (Lipinski definition) is 1. The number of rotatable bonds is 5. The molecule has 0 bridgehead atoms. The molecule has 0 radical (unpaired) electrons. The average molecular weight is 391 g/mol. The zero-order chi connectivity index (χ0) is 19.2. The van der Waals surface area contributed by atoms with Crippen LogP contribution < -0.4 is 4.74 Å². The number of allylic oxidation sites excluding steroid dienone is 1. The van der Waals surface area contributed by atoms with Crippen LogP contribution in [0.2, 0.25) is 0 Å². The SMILES string of the molecule is CC1(C)C(C)(C(=O)O)C1(C=C(Cl)Cl)c1cccc(Oc2ccccc2)c1. The lowest BCUT2D eigenvalue weighted by Crippen LogP contribution is -2.22. The van der Waals surface area contributed by atoms with Gasteiger partial charge in [-0.15, -0.1) is 0 Å². The van der Waals surface area contributed by atoms with E-state index in [1.807, 2.05) is 68.4 Å². The fourth-order valence-corrected chi connectivity index (χ4v) is 4.55. The van der Waals surface area contributed by atoms with Crippen LogP contribution in [0.5, 0.6) is 11.5 Å². The van der Waals surface area contributed by atoms with Crippen molar-refractivity contribution in [3.63, 3.8) is 0 Å². The number of benzene rings is 2. The van der Waals surface area contributed by atoms with Crippen molar-refractivity contribution in [2.45, 2.75) is 26.2 Å². The Labute approximate surface area is 163 Å². The summed E-state index contributed by atoms with van der Waals surface area (Å²) in [6.07, 6.45) is 1.64. The number of carboxylic acids is 1. The minimum Gasteiger partial charge on any atom is -0.481 e. The van der Waals surface area contributed by atoms with Crippen molar-refractivity contribution in [2.75, 3.05) is 0 Å². The molecule has 1 N–H and O–H groups in total. The molecular formula is C21H20Cl2O3. The van der Waals surface area contributed by atoms with E-state index in [1.54, 1.807) is 13.0 Å². The van der Waals surface area contributed by atoms with E-state index >= 15 is 0 Å². The average Bonchev–Trinajstić information content (AvgIpc) is 2.98. The first kappa shape index (κ1) is 18.8. The van der Waals surface area contributed by atoms with E-state index in [0.717, 1.165) is 5.56 Å². The van der Waals surface area contributed by atoms with Crippen LogP contribution >= 0.6 is 23.2 Å². The first-order valence-electron chi connectivity index (χ1n) is 8.27. The Morgan fingerprint density at radius 3 is 2.15 bits per heavy atom. The summed E-state index contributed by atoms with van der Waals surface area (Å²) in [6.45, 7) is 5.56. The van der Waals surface area contributed by atoms with Gasteiger partial charge in [0.15, 0.2) is 0 Å². The highest BCUT2D eigenvalue weighted by molar-refractivity contribution is 6.56. The summed E-state index contributed by atoms with van der Waals surface area (Å²) < 4.78 is 5.96. The van der Waals surface area contributed by atoms with E-state index in [4.69, 9.17) is 27.9 Å². The number of carboxylic acid groups (broad SMARTS) is 1. The summed E-state index contributed by atoms with van der Waals surface area (Å²) in [5.41, 5.74) is -1.65. The largest absolute Gasteiger partial charge is 0.481 e. The van der Waals surface area contributed by atoms with E-state index < -0.39 is 22.2 Å². The molecule has 136 valence electrons. The number of para-hydroxylation sites is 1. The van der Waals surface area contributed by atoms with Gasteiger partial charge in [-0.2, -0.15) is 0 Å². The Kier molecular flexibility index (Phi) is 4.58. The third-order valence-corrected chi connectivity index (χ3v) is 6.20. The maximum absolute atomic E-state index is 12.1. The highest BCUT2D eigenvalue weighted by Gasteiger charge is 2.83. The zero-order valence-corrected chi connectivity index (χ0v) is 16.3. The molecule has 2 aromatic rings. The second-order valence-electron chi connectivity index (χ2n) is 7.24. The second kappa shape index (κ2) is 6.33. The maximum atomic E-state index is 12.1. The van der Waals surface area contributed by atoms with Gasteiger partial charge in [-0.05, 0) is 48.2 Å². The van der Waals surface area contributed by atoms with Crippen LogP contribution in [-0.2, 0) is 10.2 Å². The molecule has 3 rings (SSSR count). The molecule has 0 saturated heterocycles. The van der Waals surface area contributed by atoms with Crippen LogP contribution in [0.15, 0.2) is 65.2 Å². The summed E-state index contributed by atoms with van der Waals surface area (Å²) in [4.78, 5) is 12.1. The van der Waals surface area contributed by atoms with Gasteiger partial charge in [0.05, 0.1) is 5.41 Å². The fourth-order valence-electron chi connectivity index (χ4n) is 4.22. The van der Waals surface area contributed by atoms with E-state index in [2.05, 4.69) is 0 Å². The Morgan fingerprint density at radius 1 is 1.00 bits per heavy atom. The lowest BCUT2D eigenvalue weighted by atomic mass is 9.85. The van der Waals surface area contributed by atoms with Gasteiger partial charge in [0.1, 0.15) is 16.0 Å². The van der Waals surface area contributed by atoms with E-state index in [9.17, 15) is 9.90 Å². The minimum atomic E-state index is -1.04. The lowest BCUT2D eigenvalue weighted by Gasteiger charge is -2.19. The Balaban J connectivity index is 2.09. The number of aliphatic carboxylic acids is 1. The highest BCUT2D eigenvalue weighted by atomic mass is 35.5. The molecule has 5 heteroatoms. The lowest BCUT2D eigenvalue weighted by molar-refractivity contribution is -0.144. The van der Waals surface area contributed by atoms with Crippen molar-refractivity contribution in [3.05, 3.63) is 70.7 Å². The molecule has 0 spiro atoms. The normalized spacial score (nSPS) is 26.0. The topological polar surface area (TPSA) is 46.5 Å². The molecule has 0 aromatic heterocycles. The van der Waals surface area contributed by atoms with Gasteiger partial charge in [-0.3, -0.25) is 4.79 Å². The predicted molar refractivity (Wildman–Crippen MR) is 104 cm³/mol. The van der Waals surface area contributed by atoms with Crippen LogP contribution in [0.3, 0.4) is 0 Å². The fraction of sp³-hybridized carbons (Fsp3) is 0.286. The van der Waals surface area contributed by atoms with E-state index in [-0.39, 0.29) is 4.49 Å². The van der Waals surface area contributed by atoms with E-state index in [0.29, 0.717) is 11.5 Å². The van der Waals surface area contributed by atoms with Gasteiger partial charge in [0.2, 0.25) is 0 Å². The molecule has 2 unspecified atom stereocenters. The summed E-state index contributed by atoms with van der Waals surface area (Å²) in [5.74, 6) is 0.450. The summed E-state index contributed by atoms with van der Waals surface area (Å²) in [5, 5.41) is 9.92. The summed E-state index contributed by atoms with van der Waals surface area (Å²) >= 11 is 12.0. The van der Waals surface area contributed by atoms with Gasteiger partial charge in [0, 0.05) is 5.41 Å². The van der Waals surface area contributed by atoms with Gasteiger partial charge in [-0.25, -0.2) is 0 Å². The first-order chi connectivity index (χ1) is 12.2. The van der Waals surface area contributed by atoms with Gasteiger partial charge in [-0.1, -0.05) is 67.4 Å². The third kappa shape index (κ3) is 2.53. The first-order valence-corrected chi connectivity index (χ1v) is 9.03. The molecule has 1 fully saturated rings. The highest BCUT2D eigenvalue weighted by Crippen LogP contribution is 2.79. The molecule has 2 atom stereocenters. The molecule has 1 aliphatic carbocycles. The smallest absolute Gasteiger partial charge is 0.311 e. The monoisotopic (exact) mass is 390 g/mol.